The molecule has 2 aromatic rings. The topological polar surface area (TPSA) is 68.0 Å². The van der Waals surface area contributed by atoms with E-state index in [4.69, 9.17) is 16.7 Å². The van der Waals surface area contributed by atoms with Crippen LogP contribution in [0.25, 0.3) is 5.69 Å². The maximum Gasteiger partial charge on any atom is 0.358 e. The molecular formula is C10H6BrClFN3O2. The molecule has 1 aromatic heterocycles. The Kier molecular flexibility index (Phi) is 3.36. The zero-order chi connectivity index (χ0) is 13.4. The van der Waals surface area contributed by atoms with Gasteiger partial charge in [-0.05, 0) is 35.0 Å². The standard InChI is InChI=1S/C10H6BrClFN3O2/c1-4-8(10(17)18)14-15-16(4)9-6(11)2-5(13)3-7(9)12/h2-3H,1H3,(H,17,18). The lowest BCUT2D eigenvalue weighted by atomic mass is 10.3. The number of hydrogen-bond donors (Lipinski definition) is 1. The van der Waals surface area contributed by atoms with E-state index < -0.39 is 11.8 Å². The first-order valence-corrected chi connectivity index (χ1v) is 5.89. The van der Waals surface area contributed by atoms with E-state index in [1.165, 1.54) is 17.7 Å². The molecule has 0 aliphatic rings. The molecule has 8 heteroatoms. The van der Waals surface area contributed by atoms with Gasteiger partial charge in [-0.1, -0.05) is 16.8 Å². The van der Waals surface area contributed by atoms with Crippen LogP contribution in [0.5, 0.6) is 0 Å². The average Bonchev–Trinajstić information content (AvgIpc) is 2.59. The van der Waals surface area contributed by atoms with E-state index in [1.807, 2.05) is 0 Å². The van der Waals surface area contributed by atoms with Crippen LogP contribution in [0.4, 0.5) is 4.39 Å². The molecule has 1 heterocycles. The Morgan fingerprint density at radius 3 is 2.72 bits per heavy atom. The van der Waals surface area contributed by atoms with E-state index in [0.29, 0.717) is 15.9 Å². The van der Waals surface area contributed by atoms with Gasteiger partial charge in [-0.25, -0.2) is 13.9 Å². The number of halogens is 3. The maximum atomic E-state index is 13.1. The zero-order valence-electron chi connectivity index (χ0n) is 8.99. The van der Waals surface area contributed by atoms with Gasteiger partial charge in [0.15, 0.2) is 5.69 Å². The Morgan fingerprint density at radius 1 is 1.56 bits per heavy atom. The Bertz CT molecular complexity index is 621. The van der Waals surface area contributed by atoms with Crippen molar-refractivity contribution in [2.75, 3.05) is 0 Å². The second kappa shape index (κ2) is 4.66. The third kappa shape index (κ3) is 2.11. The zero-order valence-corrected chi connectivity index (χ0v) is 11.3. The molecule has 5 nitrogen and oxygen atoms in total. The van der Waals surface area contributed by atoms with Crippen molar-refractivity contribution in [3.05, 3.63) is 38.8 Å². The Morgan fingerprint density at radius 2 is 2.22 bits per heavy atom. The second-order valence-corrected chi connectivity index (χ2v) is 4.72. The Hall–Kier alpha value is -1.47. The molecule has 2 rings (SSSR count). The van der Waals surface area contributed by atoms with Crippen molar-refractivity contribution >= 4 is 33.5 Å². The predicted molar refractivity (Wildman–Crippen MR) is 65.7 cm³/mol. The van der Waals surface area contributed by atoms with Crippen LogP contribution in [-0.4, -0.2) is 26.1 Å². The van der Waals surface area contributed by atoms with Crippen LogP contribution in [0.3, 0.4) is 0 Å². The fraction of sp³-hybridized carbons (Fsp3) is 0.100. The molecule has 0 saturated heterocycles. The monoisotopic (exact) mass is 333 g/mol. The van der Waals surface area contributed by atoms with Gasteiger partial charge < -0.3 is 5.11 Å². The van der Waals surface area contributed by atoms with Crippen LogP contribution in [0.15, 0.2) is 16.6 Å². The normalized spacial score (nSPS) is 10.7. The molecule has 0 radical (unpaired) electrons. The molecule has 0 atom stereocenters. The molecule has 0 bridgehead atoms. The summed E-state index contributed by atoms with van der Waals surface area (Å²) in [5.41, 5.74) is 0.467. The molecule has 0 aliphatic heterocycles. The van der Waals surface area contributed by atoms with Gasteiger partial charge >= 0.3 is 5.97 Å². The third-order valence-corrected chi connectivity index (χ3v) is 3.18. The number of carboxylic acid groups (broad SMARTS) is 1. The third-order valence-electron chi connectivity index (χ3n) is 2.29. The highest BCUT2D eigenvalue weighted by atomic mass is 79.9. The summed E-state index contributed by atoms with van der Waals surface area (Å²) in [7, 11) is 0. The van der Waals surface area contributed by atoms with E-state index in [9.17, 15) is 9.18 Å². The maximum absolute atomic E-state index is 13.1. The molecule has 0 unspecified atom stereocenters. The van der Waals surface area contributed by atoms with Crippen LogP contribution in [-0.2, 0) is 0 Å². The van der Waals surface area contributed by atoms with Crippen molar-refractivity contribution in [2.45, 2.75) is 6.92 Å². The van der Waals surface area contributed by atoms with E-state index in [1.54, 1.807) is 0 Å². The summed E-state index contributed by atoms with van der Waals surface area (Å²) in [6.45, 7) is 1.54. The smallest absolute Gasteiger partial charge is 0.358 e. The predicted octanol–water partition coefficient (Wildman–Crippen LogP) is 2.83. The lowest BCUT2D eigenvalue weighted by Crippen LogP contribution is -2.04. The molecule has 1 N–H and O–H groups in total. The Labute approximate surface area is 114 Å². The van der Waals surface area contributed by atoms with Crippen molar-refractivity contribution < 1.29 is 14.3 Å². The van der Waals surface area contributed by atoms with Crippen molar-refractivity contribution in [2.24, 2.45) is 0 Å². The van der Waals surface area contributed by atoms with Gasteiger partial charge in [-0.3, -0.25) is 0 Å². The molecule has 0 amide bonds. The minimum Gasteiger partial charge on any atom is -0.476 e. The number of carboxylic acids is 1. The van der Waals surface area contributed by atoms with E-state index >= 15 is 0 Å². The van der Waals surface area contributed by atoms with Gasteiger partial charge in [0.2, 0.25) is 0 Å². The highest BCUT2D eigenvalue weighted by molar-refractivity contribution is 9.10. The van der Waals surface area contributed by atoms with Gasteiger partial charge in [0, 0.05) is 4.47 Å². The summed E-state index contributed by atoms with van der Waals surface area (Å²) in [4.78, 5) is 10.9. The quantitative estimate of drug-likeness (QED) is 0.917. The fourth-order valence-corrected chi connectivity index (χ4v) is 2.48. The summed E-state index contributed by atoms with van der Waals surface area (Å²) in [6.07, 6.45) is 0. The lowest BCUT2D eigenvalue weighted by Gasteiger charge is -2.08. The van der Waals surface area contributed by atoms with Gasteiger partial charge in [0.05, 0.1) is 16.4 Å². The molecule has 0 spiro atoms. The van der Waals surface area contributed by atoms with Crippen molar-refractivity contribution in [1.82, 2.24) is 15.0 Å². The van der Waals surface area contributed by atoms with Gasteiger partial charge in [-0.15, -0.1) is 5.10 Å². The lowest BCUT2D eigenvalue weighted by molar-refractivity contribution is 0.0689. The highest BCUT2D eigenvalue weighted by Crippen LogP contribution is 2.30. The SMILES string of the molecule is Cc1c(C(=O)O)nnn1-c1c(Cl)cc(F)cc1Br. The molecule has 94 valence electrons. The van der Waals surface area contributed by atoms with E-state index in [-0.39, 0.29) is 10.7 Å². The highest BCUT2D eigenvalue weighted by Gasteiger charge is 2.19. The van der Waals surface area contributed by atoms with Crippen LogP contribution in [0, 0.1) is 12.7 Å². The molecule has 0 saturated carbocycles. The van der Waals surface area contributed by atoms with Crippen molar-refractivity contribution in [3.63, 3.8) is 0 Å². The molecule has 0 fully saturated rings. The number of nitrogens with zero attached hydrogens (tertiary/aromatic N) is 3. The molecular weight excluding hydrogens is 328 g/mol. The minimum absolute atomic E-state index is 0.104. The number of hydrogen-bond acceptors (Lipinski definition) is 3. The van der Waals surface area contributed by atoms with Gasteiger partial charge in [-0.2, -0.15) is 0 Å². The summed E-state index contributed by atoms with van der Waals surface area (Å²) in [5, 5.41) is 16.2. The number of aromatic carboxylic acids is 1. The second-order valence-electron chi connectivity index (χ2n) is 3.46. The molecule has 0 aliphatic carbocycles. The van der Waals surface area contributed by atoms with Gasteiger partial charge in [0.1, 0.15) is 5.82 Å². The average molecular weight is 335 g/mol. The van der Waals surface area contributed by atoms with Crippen LogP contribution < -0.4 is 0 Å². The first-order valence-electron chi connectivity index (χ1n) is 4.72. The van der Waals surface area contributed by atoms with Crippen molar-refractivity contribution in [1.29, 1.82) is 0 Å². The summed E-state index contributed by atoms with van der Waals surface area (Å²) < 4.78 is 14.7. The first kappa shape index (κ1) is 13.0. The van der Waals surface area contributed by atoms with Crippen LogP contribution >= 0.6 is 27.5 Å². The number of benzene rings is 1. The van der Waals surface area contributed by atoms with Crippen molar-refractivity contribution in [3.8, 4) is 5.69 Å². The van der Waals surface area contributed by atoms with Gasteiger partial charge in [0.25, 0.3) is 0 Å². The van der Waals surface area contributed by atoms with Crippen LogP contribution in [0.1, 0.15) is 16.2 Å². The number of aromatic nitrogens is 3. The molecule has 1 aromatic carbocycles. The number of rotatable bonds is 2. The minimum atomic E-state index is -1.19. The molecule has 18 heavy (non-hydrogen) atoms. The number of carbonyl (C=O) groups is 1. The summed E-state index contributed by atoms with van der Waals surface area (Å²) in [5.74, 6) is -1.69. The Balaban J connectivity index is 2.67. The van der Waals surface area contributed by atoms with E-state index in [2.05, 4.69) is 26.2 Å². The van der Waals surface area contributed by atoms with Crippen LogP contribution in [0.2, 0.25) is 5.02 Å². The summed E-state index contributed by atoms with van der Waals surface area (Å²) >= 11 is 9.08. The van der Waals surface area contributed by atoms with E-state index in [0.717, 1.165) is 6.07 Å². The summed E-state index contributed by atoms with van der Waals surface area (Å²) in [6, 6.07) is 2.33. The fourth-order valence-electron chi connectivity index (χ4n) is 1.48. The first-order chi connectivity index (χ1) is 8.41. The largest absolute Gasteiger partial charge is 0.476 e.